The van der Waals surface area contributed by atoms with Gasteiger partial charge in [-0.15, -0.1) is 0 Å². The Labute approximate surface area is 139 Å². The Morgan fingerprint density at radius 1 is 1.04 bits per heavy atom. The SMILES string of the molecule is CC(=O)N[C@H](C(=O)NNC(=O)[C@@H](C)Oc1ccccc1F)C(C)C. The summed E-state index contributed by atoms with van der Waals surface area (Å²) < 4.78 is 18.7. The van der Waals surface area contributed by atoms with E-state index in [0.717, 1.165) is 0 Å². The summed E-state index contributed by atoms with van der Waals surface area (Å²) in [5.74, 6) is -2.40. The van der Waals surface area contributed by atoms with E-state index in [0.29, 0.717) is 0 Å². The van der Waals surface area contributed by atoms with Crippen LogP contribution in [0, 0.1) is 11.7 Å². The maximum absolute atomic E-state index is 13.5. The molecule has 2 atom stereocenters. The van der Waals surface area contributed by atoms with Crippen LogP contribution in [0.1, 0.15) is 27.7 Å². The fraction of sp³-hybridized carbons (Fsp3) is 0.438. The van der Waals surface area contributed by atoms with Gasteiger partial charge in [-0.2, -0.15) is 0 Å². The predicted molar refractivity (Wildman–Crippen MR) is 85.2 cm³/mol. The van der Waals surface area contributed by atoms with Gasteiger partial charge in [0.25, 0.3) is 11.8 Å². The summed E-state index contributed by atoms with van der Waals surface area (Å²) in [6.45, 7) is 6.23. The smallest absolute Gasteiger partial charge is 0.279 e. The zero-order valence-corrected chi connectivity index (χ0v) is 14.1. The topological polar surface area (TPSA) is 96.5 Å². The van der Waals surface area contributed by atoms with Gasteiger partial charge in [-0.05, 0) is 25.0 Å². The number of halogens is 1. The van der Waals surface area contributed by atoms with Crippen LogP contribution in [0.2, 0.25) is 0 Å². The second kappa shape index (κ2) is 8.85. The van der Waals surface area contributed by atoms with Crippen molar-refractivity contribution >= 4 is 17.7 Å². The van der Waals surface area contributed by atoms with Gasteiger partial charge in [0, 0.05) is 6.92 Å². The summed E-state index contributed by atoms with van der Waals surface area (Å²) in [5.41, 5.74) is 4.42. The molecule has 0 aromatic heterocycles. The number of nitrogens with one attached hydrogen (secondary N) is 3. The van der Waals surface area contributed by atoms with E-state index >= 15 is 0 Å². The summed E-state index contributed by atoms with van der Waals surface area (Å²) in [6.07, 6.45) is -1.03. The van der Waals surface area contributed by atoms with E-state index in [2.05, 4.69) is 16.2 Å². The van der Waals surface area contributed by atoms with Gasteiger partial charge in [-0.1, -0.05) is 26.0 Å². The number of carbonyl (C=O) groups is 3. The Morgan fingerprint density at radius 3 is 2.17 bits per heavy atom. The Hall–Kier alpha value is -2.64. The normalized spacial score (nSPS) is 12.9. The van der Waals surface area contributed by atoms with E-state index in [4.69, 9.17) is 4.74 Å². The van der Waals surface area contributed by atoms with Gasteiger partial charge < -0.3 is 10.1 Å². The molecule has 3 amide bonds. The molecular formula is C16H22FN3O4. The Morgan fingerprint density at radius 2 is 1.62 bits per heavy atom. The second-order valence-corrected chi connectivity index (χ2v) is 5.59. The van der Waals surface area contributed by atoms with Crippen molar-refractivity contribution in [1.29, 1.82) is 0 Å². The van der Waals surface area contributed by atoms with Crippen molar-refractivity contribution in [1.82, 2.24) is 16.2 Å². The molecule has 1 aromatic rings. The minimum Gasteiger partial charge on any atom is -0.478 e. The summed E-state index contributed by atoms with van der Waals surface area (Å²) in [4.78, 5) is 35.0. The average Bonchev–Trinajstić information content (AvgIpc) is 2.51. The number of ether oxygens (including phenoxy) is 1. The fourth-order valence-electron chi connectivity index (χ4n) is 1.84. The van der Waals surface area contributed by atoms with E-state index < -0.39 is 29.8 Å². The largest absolute Gasteiger partial charge is 0.478 e. The molecule has 0 heterocycles. The molecule has 24 heavy (non-hydrogen) atoms. The molecule has 0 saturated carbocycles. The molecule has 0 fully saturated rings. The lowest BCUT2D eigenvalue weighted by Gasteiger charge is -2.22. The van der Waals surface area contributed by atoms with Crippen molar-refractivity contribution in [3.8, 4) is 5.75 Å². The molecule has 0 spiro atoms. The van der Waals surface area contributed by atoms with Crippen LogP contribution in [0.5, 0.6) is 5.75 Å². The molecule has 0 radical (unpaired) electrons. The first-order valence-electron chi connectivity index (χ1n) is 7.50. The molecular weight excluding hydrogens is 317 g/mol. The number of amides is 3. The lowest BCUT2D eigenvalue weighted by atomic mass is 10.0. The van der Waals surface area contributed by atoms with Crippen LogP contribution in [-0.2, 0) is 14.4 Å². The first-order chi connectivity index (χ1) is 11.2. The third kappa shape index (κ3) is 5.86. The van der Waals surface area contributed by atoms with E-state index in [9.17, 15) is 18.8 Å². The summed E-state index contributed by atoms with van der Waals surface area (Å²) in [5, 5.41) is 2.50. The number of hydrazine groups is 1. The van der Waals surface area contributed by atoms with E-state index in [1.807, 2.05) is 0 Å². The molecule has 1 rings (SSSR count). The van der Waals surface area contributed by atoms with Crippen LogP contribution in [0.25, 0.3) is 0 Å². The molecule has 0 aliphatic carbocycles. The number of hydrogen-bond donors (Lipinski definition) is 3. The van der Waals surface area contributed by atoms with Crippen LogP contribution >= 0.6 is 0 Å². The highest BCUT2D eigenvalue weighted by molar-refractivity contribution is 5.89. The zero-order chi connectivity index (χ0) is 18.3. The highest BCUT2D eigenvalue weighted by Crippen LogP contribution is 2.16. The van der Waals surface area contributed by atoms with Gasteiger partial charge in [0.15, 0.2) is 17.7 Å². The predicted octanol–water partition coefficient (Wildman–Crippen LogP) is 0.901. The van der Waals surface area contributed by atoms with Gasteiger partial charge in [0.2, 0.25) is 5.91 Å². The van der Waals surface area contributed by atoms with Gasteiger partial charge in [0.05, 0.1) is 0 Å². The summed E-state index contributed by atoms with van der Waals surface area (Å²) in [6, 6.07) is 4.89. The van der Waals surface area contributed by atoms with Gasteiger partial charge >= 0.3 is 0 Å². The molecule has 0 bridgehead atoms. The lowest BCUT2D eigenvalue weighted by molar-refractivity contribution is -0.135. The van der Waals surface area contributed by atoms with Crippen molar-refractivity contribution in [2.75, 3.05) is 0 Å². The van der Waals surface area contributed by atoms with Crippen molar-refractivity contribution in [2.24, 2.45) is 5.92 Å². The third-order valence-corrected chi connectivity index (χ3v) is 3.13. The molecule has 0 saturated heterocycles. The fourth-order valence-corrected chi connectivity index (χ4v) is 1.84. The molecule has 1 aromatic carbocycles. The summed E-state index contributed by atoms with van der Waals surface area (Å²) >= 11 is 0. The van der Waals surface area contributed by atoms with E-state index in [1.165, 1.54) is 32.0 Å². The highest BCUT2D eigenvalue weighted by Gasteiger charge is 2.24. The molecule has 132 valence electrons. The van der Waals surface area contributed by atoms with Crippen molar-refractivity contribution in [3.63, 3.8) is 0 Å². The van der Waals surface area contributed by atoms with Gasteiger partial charge in [-0.3, -0.25) is 25.2 Å². The Balaban J connectivity index is 2.56. The number of para-hydroxylation sites is 1. The first kappa shape index (κ1) is 19.4. The molecule has 0 unspecified atom stereocenters. The molecule has 3 N–H and O–H groups in total. The Bertz CT molecular complexity index is 607. The maximum atomic E-state index is 13.5. The molecule has 0 aliphatic heterocycles. The minimum atomic E-state index is -1.03. The Kier molecular flexibility index (Phi) is 7.16. The lowest BCUT2D eigenvalue weighted by Crippen LogP contribution is -2.55. The average molecular weight is 339 g/mol. The van der Waals surface area contributed by atoms with E-state index in [-0.39, 0.29) is 17.6 Å². The van der Waals surface area contributed by atoms with Gasteiger partial charge in [-0.25, -0.2) is 4.39 Å². The molecule has 0 aliphatic rings. The maximum Gasteiger partial charge on any atom is 0.279 e. The minimum absolute atomic E-state index is 0.0650. The van der Waals surface area contributed by atoms with Crippen LogP contribution in [0.3, 0.4) is 0 Å². The quantitative estimate of drug-likeness (QED) is 0.671. The van der Waals surface area contributed by atoms with Crippen molar-refractivity contribution in [2.45, 2.75) is 39.8 Å². The van der Waals surface area contributed by atoms with Crippen molar-refractivity contribution < 1.29 is 23.5 Å². The number of hydrogen-bond acceptors (Lipinski definition) is 4. The number of carbonyl (C=O) groups excluding carboxylic acids is 3. The highest BCUT2D eigenvalue weighted by atomic mass is 19.1. The summed E-state index contributed by atoms with van der Waals surface area (Å²) in [7, 11) is 0. The monoisotopic (exact) mass is 339 g/mol. The van der Waals surface area contributed by atoms with E-state index in [1.54, 1.807) is 19.9 Å². The second-order valence-electron chi connectivity index (χ2n) is 5.59. The van der Waals surface area contributed by atoms with Crippen LogP contribution in [-0.4, -0.2) is 29.9 Å². The first-order valence-corrected chi connectivity index (χ1v) is 7.50. The standard InChI is InChI=1S/C16H22FN3O4/c1-9(2)14(18-11(4)21)16(23)20-19-15(22)10(3)24-13-8-6-5-7-12(13)17/h5-10,14H,1-4H3,(H,18,21)(H,19,22)(H,20,23)/t10-,14+/m1/s1. The number of rotatable bonds is 6. The molecule has 7 nitrogen and oxygen atoms in total. The third-order valence-electron chi connectivity index (χ3n) is 3.13. The van der Waals surface area contributed by atoms with Gasteiger partial charge in [0.1, 0.15) is 6.04 Å². The van der Waals surface area contributed by atoms with Crippen LogP contribution in [0.15, 0.2) is 24.3 Å². The van der Waals surface area contributed by atoms with Crippen LogP contribution < -0.4 is 20.9 Å². The van der Waals surface area contributed by atoms with Crippen molar-refractivity contribution in [3.05, 3.63) is 30.1 Å². The number of benzene rings is 1. The zero-order valence-electron chi connectivity index (χ0n) is 14.1. The van der Waals surface area contributed by atoms with Crippen LogP contribution in [0.4, 0.5) is 4.39 Å². The molecule has 8 heteroatoms.